The van der Waals surface area contributed by atoms with Crippen molar-refractivity contribution in [3.05, 3.63) is 0 Å². The Kier molecular flexibility index (Phi) is 23.9. The molecule has 0 aromatic carbocycles. The summed E-state index contributed by atoms with van der Waals surface area (Å²) < 4.78 is 241. The molecule has 62 heteroatoms. The SMILES string of the molecule is O=P(O)(O)OP(=O)(O)OP(=O)(O)OP(=O)(O)OP(=O)(O)OP(=O)(OP(=O)(O)OP(=O)(O)OP(=O)(O)OP(=O)(O)OP(=O)(O)O)OP(=O)(OCCCF)OP(=O)(O)OP(=O)(O)OP(=O)(O)O. The third-order valence-electron chi connectivity index (χ3n) is 3.41. The van der Waals surface area contributed by atoms with Gasteiger partial charge in [-0.1, -0.05) is 0 Å². The van der Waals surface area contributed by atoms with Crippen LogP contribution in [0.2, 0.25) is 0 Å². The predicted molar refractivity (Wildman–Crippen MR) is 181 cm³/mol. The first-order valence-electron chi connectivity index (χ1n) is 12.8. The van der Waals surface area contributed by atoms with E-state index in [0.717, 1.165) is 0 Å². The van der Waals surface area contributed by atoms with E-state index in [-0.39, 0.29) is 0 Å². The fourth-order valence-corrected chi connectivity index (χ4v) is 23.0. The zero-order valence-electron chi connectivity index (χ0n) is 28.6. The lowest BCUT2D eigenvalue weighted by Crippen LogP contribution is -2.06. The second-order valence-electron chi connectivity index (χ2n) is 9.07. The van der Waals surface area contributed by atoms with Gasteiger partial charge in [-0.25, -0.2) is 68.5 Å². The minimum Gasteiger partial charge on any atom is -0.302 e. The average Bonchev–Trinajstić information content (AvgIpc) is 2.81. The summed E-state index contributed by atoms with van der Waals surface area (Å²) in [5.74, 6) is 0. The monoisotopic (exact) mass is 1280 g/mol. The molecule has 0 aliphatic heterocycles. The molecule has 11 unspecified atom stereocenters. The smallest absolute Gasteiger partial charge is 0.302 e. The molecule has 0 radical (unpaired) electrons. The van der Waals surface area contributed by atoms with Crippen LogP contribution in [0.4, 0.5) is 4.39 Å². The average molecular weight is 1280 g/mol. The lowest BCUT2D eigenvalue weighted by molar-refractivity contribution is 0.152. The quantitative estimate of drug-likeness (QED) is 0.0339. The Morgan fingerprint density at radius 3 is 0.646 bits per heavy atom. The van der Waals surface area contributed by atoms with Gasteiger partial charge in [0.15, 0.2) is 0 Å². The van der Waals surface area contributed by atoms with Crippen LogP contribution in [-0.4, -0.2) is 91.6 Å². The maximum atomic E-state index is 13.5. The van der Waals surface area contributed by atoms with Crippen LogP contribution < -0.4 is 0 Å². The number of hydrogen-bond donors (Lipinski definition) is 16. The van der Waals surface area contributed by atoms with E-state index in [4.69, 9.17) is 39.1 Å². The predicted octanol–water partition coefficient (Wildman–Crippen LogP) is 2.09. The number of alkyl halides is 1. The fourth-order valence-electron chi connectivity index (χ4n) is 2.30. The third-order valence-corrected chi connectivity index (χ3v) is 27.0. The second-order valence-corrected chi connectivity index (χ2v) is 32.6. The third kappa shape index (κ3) is 32.0. The number of halogens is 1. The van der Waals surface area contributed by atoms with Gasteiger partial charge in [0.1, 0.15) is 0 Å². The van der Waals surface area contributed by atoms with Crippen molar-refractivity contribution in [2.75, 3.05) is 13.3 Å². The molecular weight excluding hydrogens is 1260 g/mol. The van der Waals surface area contributed by atoms with Crippen LogP contribution in [0.25, 0.3) is 0 Å². The molecular formula is C3H22FO46P15. The Bertz CT molecular complexity index is 2330. The van der Waals surface area contributed by atoms with Gasteiger partial charge in [-0.3, -0.25) is 8.91 Å². The zero-order chi connectivity index (χ0) is 52.2. The number of hydrogen-bond acceptors (Lipinski definition) is 30. The van der Waals surface area contributed by atoms with Gasteiger partial charge in [-0.2, -0.15) is 60.3 Å². The molecule has 16 N–H and O–H groups in total. The normalized spacial score (nSPS) is 24.5. The van der Waals surface area contributed by atoms with Gasteiger partial charge >= 0.3 is 117 Å². The molecule has 0 amide bonds. The summed E-state index contributed by atoms with van der Waals surface area (Å²) in [6.45, 7) is -3.38. The van der Waals surface area contributed by atoms with Gasteiger partial charge in [-0.05, 0) is 6.42 Å². The van der Waals surface area contributed by atoms with Crippen molar-refractivity contribution >= 4 is 117 Å². The molecule has 0 aromatic rings. The molecule has 0 bridgehead atoms. The van der Waals surface area contributed by atoms with Crippen LogP contribution >= 0.6 is 117 Å². The van der Waals surface area contributed by atoms with Crippen molar-refractivity contribution < 1.29 is 216 Å². The number of phosphoric acid groups is 15. The van der Waals surface area contributed by atoms with Crippen molar-refractivity contribution in [3.8, 4) is 0 Å². The first-order chi connectivity index (χ1) is 28.0. The van der Waals surface area contributed by atoms with Crippen LogP contribution in [0, 0.1) is 0 Å². The van der Waals surface area contributed by atoms with Gasteiger partial charge < -0.3 is 78.3 Å². The Morgan fingerprint density at radius 1 is 0.262 bits per heavy atom. The highest BCUT2D eigenvalue weighted by atomic mass is 31.4. The first kappa shape index (κ1) is 67.1. The van der Waals surface area contributed by atoms with E-state index < -0.39 is 137 Å². The molecule has 0 spiro atoms. The second kappa shape index (κ2) is 23.1. The number of rotatable bonds is 32. The molecule has 0 heterocycles. The standard InChI is InChI=1S/C3H22FO46P15/c4-2-1-3-36-64(34,47-61(28,29)42-56(18,19)39-53(11,12)13)50-65(35,48-62(30,31)45-59(24,25)43-57(20,21)40-54(14,15)37-51(5,6)7)49-63(32,33)46-60(26,27)44-58(22,23)41-55(16,17)38-52(8,9)10/h1-3H2,(H,14,15)(H,16,17)(H,18,19)(H,20,21)(H,22,23)(H,24,25)(H,26,27)(H,28,29)(H,30,31)(H,32,33)(H2,5,6,7)(H2,8,9,10)(H2,11,12,13). The van der Waals surface area contributed by atoms with E-state index in [1.165, 1.54) is 0 Å². The van der Waals surface area contributed by atoms with E-state index in [9.17, 15) is 112 Å². The molecule has 65 heavy (non-hydrogen) atoms. The lowest BCUT2D eigenvalue weighted by atomic mass is 10.5. The topological polar surface area (TPSA) is 718 Å². The van der Waals surface area contributed by atoms with Gasteiger partial charge in [0.05, 0.1) is 13.3 Å². The van der Waals surface area contributed by atoms with Gasteiger partial charge in [-0.15, -0.1) is 0 Å². The van der Waals surface area contributed by atoms with E-state index in [2.05, 4.69) is 64.9 Å². The Hall–Kier alpha value is 2.14. The van der Waals surface area contributed by atoms with Crippen molar-refractivity contribution in [2.24, 2.45) is 0 Å². The van der Waals surface area contributed by atoms with Crippen molar-refractivity contribution in [3.63, 3.8) is 0 Å². The molecule has 0 saturated carbocycles. The highest BCUT2D eigenvalue weighted by Crippen LogP contribution is 2.84. The highest BCUT2D eigenvalue weighted by Gasteiger charge is 2.58. The molecule has 0 aliphatic carbocycles. The molecule has 11 atom stereocenters. The van der Waals surface area contributed by atoms with E-state index in [1.807, 2.05) is 0 Å². The van der Waals surface area contributed by atoms with Crippen molar-refractivity contribution in [1.82, 2.24) is 0 Å². The Labute approximate surface area is 352 Å². The molecule has 0 aromatic heterocycles. The molecule has 392 valence electrons. The summed E-state index contributed by atoms with van der Waals surface area (Å²) in [5, 5.41) is 0. The Balaban J connectivity index is 7.38. The van der Waals surface area contributed by atoms with Crippen LogP contribution in [0.3, 0.4) is 0 Å². The summed E-state index contributed by atoms with van der Waals surface area (Å²) in [4.78, 5) is 146. The molecule has 0 fully saturated rings. The van der Waals surface area contributed by atoms with E-state index >= 15 is 0 Å². The van der Waals surface area contributed by atoms with Crippen LogP contribution in [-0.2, 0) is 133 Å². The first-order valence-corrected chi connectivity index (χ1v) is 35.3. The molecule has 46 nitrogen and oxygen atoms in total. The van der Waals surface area contributed by atoms with Crippen LogP contribution in [0.1, 0.15) is 6.42 Å². The van der Waals surface area contributed by atoms with Crippen molar-refractivity contribution in [1.29, 1.82) is 0 Å². The molecule has 0 saturated heterocycles. The van der Waals surface area contributed by atoms with Gasteiger partial charge in [0.2, 0.25) is 0 Å². The van der Waals surface area contributed by atoms with Crippen LogP contribution in [0.5, 0.6) is 0 Å². The van der Waals surface area contributed by atoms with E-state index in [0.29, 0.717) is 0 Å². The van der Waals surface area contributed by atoms with Gasteiger partial charge in [0.25, 0.3) is 0 Å². The minimum absolute atomic E-state index is 1.22. The Morgan fingerprint density at radius 2 is 0.446 bits per heavy atom. The zero-order valence-corrected chi connectivity index (χ0v) is 42.0. The molecule has 0 rings (SSSR count). The summed E-state index contributed by atoms with van der Waals surface area (Å²) in [6, 6.07) is 0. The summed E-state index contributed by atoms with van der Waals surface area (Å²) >= 11 is 0. The van der Waals surface area contributed by atoms with Crippen molar-refractivity contribution in [2.45, 2.75) is 6.42 Å². The molecule has 0 aliphatic rings. The fraction of sp³-hybridized carbons (Fsp3) is 1.00. The minimum atomic E-state index is -7.93. The highest BCUT2D eigenvalue weighted by molar-refractivity contribution is 7.78. The maximum Gasteiger partial charge on any atom is 0.501 e. The summed E-state index contributed by atoms with van der Waals surface area (Å²) in [6.07, 6.45) is -1.22. The van der Waals surface area contributed by atoms with Gasteiger partial charge in [0, 0.05) is 0 Å². The summed E-state index contributed by atoms with van der Waals surface area (Å²) in [5.41, 5.74) is 0. The van der Waals surface area contributed by atoms with Crippen LogP contribution in [0.15, 0.2) is 0 Å². The summed E-state index contributed by atoms with van der Waals surface area (Å²) in [7, 11) is -105. The largest absolute Gasteiger partial charge is 0.501 e. The van der Waals surface area contributed by atoms with E-state index in [1.54, 1.807) is 0 Å². The lowest BCUT2D eigenvalue weighted by Gasteiger charge is -2.26. The maximum absolute atomic E-state index is 13.5.